The summed E-state index contributed by atoms with van der Waals surface area (Å²) < 4.78 is 23.9. The number of hydrogen-bond acceptors (Lipinski definition) is 8. The smallest absolute Gasteiger partial charge is 0.306 e. The Morgan fingerprint density at radius 3 is 2.59 bits per heavy atom. The van der Waals surface area contributed by atoms with E-state index in [0.29, 0.717) is 31.3 Å². The number of carboxylic acid groups (broad SMARTS) is 1. The van der Waals surface area contributed by atoms with Gasteiger partial charge in [-0.25, -0.2) is 9.78 Å². The van der Waals surface area contributed by atoms with Gasteiger partial charge in [-0.3, -0.25) is 9.59 Å². The molecule has 1 saturated carbocycles. The van der Waals surface area contributed by atoms with Crippen LogP contribution in [0.25, 0.3) is 0 Å². The molecular weight excluding hydrogens is 420 g/mol. The van der Waals surface area contributed by atoms with Crippen LogP contribution in [0.4, 0.5) is 0 Å². The first-order valence-electron chi connectivity index (χ1n) is 11.9. The van der Waals surface area contributed by atoms with Gasteiger partial charge in [-0.2, -0.15) is 0 Å². The van der Waals surface area contributed by atoms with E-state index in [9.17, 15) is 9.59 Å². The van der Waals surface area contributed by atoms with Crippen LogP contribution in [-0.4, -0.2) is 54.2 Å². The van der Waals surface area contributed by atoms with Crippen molar-refractivity contribution in [2.75, 3.05) is 13.2 Å². The number of carbonyl (C=O) groups is 2. The second-order valence-corrected chi connectivity index (χ2v) is 9.97. The molecule has 9 heteroatoms. The number of hydrogen-bond donors (Lipinski definition) is 1. The van der Waals surface area contributed by atoms with E-state index in [1.807, 2.05) is 6.92 Å². The first-order chi connectivity index (χ1) is 15.2. The number of rotatable bonds is 9. The summed E-state index contributed by atoms with van der Waals surface area (Å²) in [4.78, 5) is 33.9. The van der Waals surface area contributed by atoms with E-state index >= 15 is 0 Å². The zero-order valence-electron chi connectivity index (χ0n) is 19.2. The lowest BCUT2D eigenvalue weighted by Gasteiger charge is -2.60. The number of esters is 1. The third-order valence-electron chi connectivity index (χ3n) is 7.72. The first kappa shape index (κ1) is 23.9. The molecule has 5 fully saturated rings. The Kier molecular flexibility index (Phi) is 7.12. The largest absolute Gasteiger partial charge is 0.481 e. The average Bonchev–Trinajstić information content (AvgIpc) is 2.98. The molecule has 2 bridgehead atoms. The summed E-state index contributed by atoms with van der Waals surface area (Å²) >= 11 is 0. The summed E-state index contributed by atoms with van der Waals surface area (Å²) in [6.07, 6.45) is 4.07. The van der Waals surface area contributed by atoms with Crippen LogP contribution in [0.5, 0.6) is 0 Å². The molecule has 4 heterocycles. The van der Waals surface area contributed by atoms with Crippen molar-refractivity contribution in [1.29, 1.82) is 0 Å². The Labute approximate surface area is 188 Å². The van der Waals surface area contributed by atoms with Crippen LogP contribution in [0.1, 0.15) is 72.1 Å². The number of carbonyl (C=O) groups excluding carboxylic acids is 1. The normalized spacial score (nSPS) is 42.7. The Morgan fingerprint density at radius 1 is 1.03 bits per heavy atom. The highest BCUT2D eigenvalue weighted by Gasteiger charge is 2.69. The molecule has 0 aromatic heterocycles. The SMILES string of the molecule is C[C@H]1[C@@H](OCCCCOC(=O)CCC(=O)O)O[C@@H]2O[C@@]3(C)CC[C@H]4[C@H](C)CC[C@@H]1[C@@]24OO3. The van der Waals surface area contributed by atoms with Gasteiger partial charge in [0.1, 0.15) is 0 Å². The Bertz CT molecular complexity index is 699. The topological polar surface area (TPSA) is 110 Å². The van der Waals surface area contributed by atoms with Gasteiger partial charge in [-0.15, -0.1) is 0 Å². The lowest BCUT2D eigenvalue weighted by molar-refractivity contribution is -0.577. The van der Waals surface area contributed by atoms with E-state index in [1.54, 1.807) is 0 Å². The maximum Gasteiger partial charge on any atom is 0.306 e. The molecule has 0 radical (unpaired) electrons. The Hall–Kier alpha value is -1.26. The molecule has 1 aliphatic carbocycles. The summed E-state index contributed by atoms with van der Waals surface area (Å²) in [6.45, 7) is 7.08. The fourth-order valence-corrected chi connectivity index (χ4v) is 5.93. The first-order valence-corrected chi connectivity index (χ1v) is 11.9. The Morgan fingerprint density at radius 2 is 1.81 bits per heavy atom. The van der Waals surface area contributed by atoms with Crippen LogP contribution in [0.2, 0.25) is 0 Å². The van der Waals surface area contributed by atoms with E-state index in [-0.39, 0.29) is 31.3 Å². The predicted molar refractivity (Wildman–Crippen MR) is 110 cm³/mol. The maximum atomic E-state index is 11.5. The molecule has 0 amide bonds. The standard InChI is InChI=1S/C23H36O9/c1-14-6-7-17-15(2)20(28-13-5-4-12-27-19(26)9-8-18(24)25)29-21-23(17)16(14)10-11-22(3,30-21)31-32-23/h14-17,20-21H,4-13H2,1-3H3,(H,24,25)/t14-,15-,16+,17+,20+,21-,22-,23-/m1/s1. The monoisotopic (exact) mass is 456 g/mol. The molecule has 0 aromatic rings. The molecule has 5 rings (SSSR count). The molecule has 0 aromatic carbocycles. The van der Waals surface area contributed by atoms with Gasteiger partial charge in [0, 0.05) is 24.9 Å². The van der Waals surface area contributed by atoms with E-state index in [1.165, 1.54) is 0 Å². The quantitative estimate of drug-likeness (QED) is 0.317. The molecule has 4 aliphatic heterocycles. The number of unbranched alkanes of at least 4 members (excludes halogenated alkanes) is 1. The third kappa shape index (κ3) is 4.55. The lowest BCUT2D eigenvalue weighted by Crippen LogP contribution is -2.70. The molecule has 0 unspecified atom stereocenters. The summed E-state index contributed by atoms with van der Waals surface area (Å²) in [6, 6.07) is 0. The van der Waals surface area contributed by atoms with Crippen molar-refractivity contribution in [2.24, 2.45) is 23.7 Å². The van der Waals surface area contributed by atoms with E-state index in [4.69, 9.17) is 33.8 Å². The number of ether oxygens (including phenoxy) is 4. The number of fused-ring (bicyclic) bond motifs is 2. The minimum Gasteiger partial charge on any atom is -0.481 e. The highest BCUT2D eigenvalue weighted by atomic mass is 17.3. The van der Waals surface area contributed by atoms with E-state index in [2.05, 4.69) is 13.8 Å². The fraction of sp³-hybridized carbons (Fsp3) is 0.913. The average molecular weight is 457 g/mol. The van der Waals surface area contributed by atoms with Gasteiger partial charge < -0.3 is 24.1 Å². The highest BCUT2D eigenvalue weighted by Crippen LogP contribution is 2.60. The Balaban J connectivity index is 1.29. The van der Waals surface area contributed by atoms with Gasteiger partial charge in [-0.05, 0) is 50.9 Å². The molecule has 32 heavy (non-hydrogen) atoms. The number of carboxylic acids is 1. The van der Waals surface area contributed by atoms with Gasteiger partial charge in [0.15, 0.2) is 18.2 Å². The van der Waals surface area contributed by atoms with Crippen molar-refractivity contribution in [3.63, 3.8) is 0 Å². The van der Waals surface area contributed by atoms with Crippen molar-refractivity contribution >= 4 is 11.9 Å². The second-order valence-electron chi connectivity index (χ2n) is 9.97. The molecule has 5 aliphatic rings. The van der Waals surface area contributed by atoms with Gasteiger partial charge >= 0.3 is 11.9 Å². The summed E-state index contributed by atoms with van der Waals surface area (Å²) in [5, 5.41) is 8.59. The number of aliphatic carboxylic acids is 1. The third-order valence-corrected chi connectivity index (χ3v) is 7.72. The van der Waals surface area contributed by atoms with Gasteiger partial charge in [0.25, 0.3) is 0 Å². The lowest BCUT2D eigenvalue weighted by atomic mass is 9.58. The van der Waals surface area contributed by atoms with Crippen LogP contribution >= 0.6 is 0 Å². The van der Waals surface area contributed by atoms with Gasteiger partial charge in [0.2, 0.25) is 5.79 Å². The summed E-state index contributed by atoms with van der Waals surface area (Å²) in [5.41, 5.74) is -0.586. The fourth-order valence-electron chi connectivity index (χ4n) is 5.93. The van der Waals surface area contributed by atoms with Crippen molar-refractivity contribution < 1.29 is 43.4 Å². The van der Waals surface area contributed by atoms with Crippen LogP contribution in [-0.2, 0) is 38.3 Å². The zero-order chi connectivity index (χ0) is 22.9. The zero-order valence-corrected chi connectivity index (χ0v) is 19.2. The molecule has 1 N–H and O–H groups in total. The molecule has 1 spiro atoms. The second kappa shape index (κ2) is 9.54. The van der Waals surface area contributed by atoms with Crippen LogP contribution in [0.15, 0.2) is 0 Å². The van der Waals surface area contributed by atoms with Crippen molar-refractivity contribution in [1.82, 2.24) is 0 Å². The van der Waals surface area contributed by atoms with Gasteiger partial charge in [-0.1, -0.05) is 13.8 Å². The summed E-state index contributed by atoms with van der Waals surface area (Å²) in [7, 11) is 0. The molecule has 8 atom stereocenters. The van der Waals surface area contributed by atoms with Crippen LogP contribution in [0, 0.1) is 23.7 Å². The van der Waals surface area contributed by atoms with Crippen molar-refractivity contribution in [2.45, 2.75) is 96.1 Å². The molecule has 9 nitrogen and oxygen atoms in total. The van der Waals surface area contributed by atoms with Crippen LogP contribution in [0.3, 0.4) is 0 Å². The van der Waals surface area contributed by atoms with Crippen LogP contribution < -0.4 is 0 Å². The van der Waals surface area contributed by atoms with Crippen molar-refractivity contribution in [3.05, 3.63) is 0 Å². The van der Waals surface area contributed by atoms with E-state index in [0.717, 1.165) is 25.7 Å². The minimum absolute atomic E-state index is 0.103. The summed E-state index contributed by atoms with van der Waals surface area (Å²) in [5.74, 6) is -1.08. The predicted octanol–water partition coefficient (Wildman–Crippen LogP) is 3.40. The minimum atomic E-state index is -1.01. The molecule has 182 valence electrons. The van der Waals surface area contributed by atoms with Gasteiger partial charge in [0.05, 0.1) is 19.4 Å². The molecular formula is C23H36O9. The maximum absolute atomic E-state index is 11.5. The van der Waals surface area contributed by atoms with E-state index < -0.39 is 35.9 Å². The highest BCUT2D eigenvalue weighted by molar-refractivity contribution is 5.76. The molecule has 4 saturated heterocycles. The van der Waals surface area contributed by atoms with Crippen molar-refractivity contribution in [3.8, 4) is 0 Å².